The summed E-state index contributed by atoms with van der Waals surface area (Å²) in [5.74, 6) is 0.0153. The standard InChI is InChI=1S/C22H27N3O2/c1-4-15(2)24-22(27)23-14-17-10-11-19-12-16(3)25(20(19)13-17)21(26)18-8-6-5-7-9-18/h5-11,13,15-16H,4,12,14H2,1-3H3,(H2,23,24,27)/t15-,16+/m0/s1. The summed E-state index contributed by atoms with van der Waals surface area (Å²) in [5.41, 5.74) is 3.78. The van der Waals surface area contributed by atoms with Crippen molar-refractivity contribution in [3.05, 3.63) is 65.2 Å². The summed E-state index contributed by atoms with van der Waals surface area (Å²) in [6.45, 7) is 6.50. The van der Waals surface area contributed by atoms with Crippen LogP contribution in [0.5, 0.6) is 0 Å². The predicted molar refractivity (Wildman–Crippen MR) is 108 cm³/mol. The van der Waals surface area contributed by atoms with Gasteiger partial charge in [-0.2, -0.15) is 0 Å². The van der Waals surface area contributed by atoms with Crippen molar-refractivity contribution in [2.45, 2.75) is 52.2 Å². The minimum absolute atomic E-state index is 0.0153. The maximum Gasteiger partial charge on any atom is 0.315 e. The van der Waals surface area contributed by atoms with E-state index in [-0.39, 0.29) is 24.0 Å². The lowest BCUT2D eigenvalue weighted by Crippen LogP contribution is -2.40. The van der Waals surface area contributed by atoms with E-state index in [9.17, 15) is 9.59 Å². The molecule has 2 aromatic rings. The molecule has 5 heteroatoms. The van der Waals surface area contributed by atoms with Gasteiger partial charge in [0.15, 0.2) is 0 Å². The number of benzene rings is 2. The fraction of sp³-hybridized carbons (Fsp3) is 0.364. The molecular weight excluding hydrogens is 338 g/mol. The molecule has 2 atom stereocenters. The maximum atomic E-state index is 13.0. The summed E-state index contributed by atoms with van der Waals surface area (Å²) in [6, 6.07) is 15.5. The Morgan fingerprint density at radius 1 is 1.19 bits per heavy atom. The van der Waals surface area contributed by atoms with Gasteiger partial charge in [-0.3, -0.25) is 4.79 Å². The third kappa shape index (κ3) is 4.30. The van der Waals surface area contributed by atoms with Gasteiger partial charge in [0.25, 0.3) is 5.91 Å². The van der Waals surface area contributed by atoms with E-state index >= 15 is 0 Å². The second-order valence-corrected chi connectivity index (χ2v) is 7.19. The Balaban J connectivity index is 1.75. The summed E-state index contributed by atoms with van der Waals surface area (Å²) in [5, 5.41) is 5.78. The zero-order chi connectivity index (χ0) is 19.4. The van der Waals surface area contributed by atoms with Gasteiger partial charge in [0.2, 0.25) is 0 Å². The molecule has 2 N–H and O–H groups in total. The monoisotopic (exact) mass is 365 g/mol. The number of hydrogen-bond acceptors (Lipinski definition) is 2. The Kier molecular flexibility index (Phi) is 5.79. The number of urea groups is 1. The topological polar surface area (TPSA) is 61.4 Å². The summed E-state index contributed by atoms with van der Waals surface area (Å²) in [7, 11) is 0. The lowest BCUT2D eigenvalue weighted by molar-refractivity contribution is 0.0981. The van der Waals surface area contributed by atoms with Gasteiger partial charge in [-0.05, 0) is 56.0 Å². The van der Waals surface area contributed by atoms with Crippen molar-refractivity contribution < 1.29 is 9.59 Å². The zero-order valence-electron chi connectivity index (χ0n) is 16.2. The molecule has 0 fully saturated rings. The van der Waals surface area contributed by atoms with E-state index in [4.69, 9.17) is 0 Å². The van der Waals surface area contributed by atoms with Crippen LogP contribution in [0, 0.1) is 0 Å². The summed E-state index contributed by atoms with van der Waals surface area (Å²) >= 11 is 0. The molecule has 1 aliphatic rings. The number of rotatable bonds is 5. The average molecular weight is 365 g/mol. The van der Waals surface area contributed by atoms with Crippen molar-refractivity contribution in [1.29, 1.82) is 0 Å². The van der Waals surface area contributed by atoms with Gasteiger partial charge < -0.3 is 15.5 Å². The van der Waals surface area contributed by atoms with Crippen molar-refractivity contribution in [2.24, 2.45) is 0 Å². The van der Waals surface area contributed by atoms with Gasteiger partial charge >= 0.3 is 6.03 Å². The zero-order valence-corrected chi connectivity index (χ0v) is 16.2. The quantitative estimate of drug-likeness (QED) is 0.845. The third-order valence-electron chi connectivity index (χ3n) is 5.05. The first-order valence-electron chi connectivity index (χ1n) is 9.54. The summed E-state index contributed by atoms with van der Waals surface area (Å²) in [4.78, 5) is 26.8. The minimum Gasteiger partial charge on any atom is -0.336 e. The first kappa shape index (κ1) is 19.0. The lowest BCUT2D eigenvalue weighted by Gasteiger charge is -2.23. The molecule has 0 saturated carbocycles. The smallest absolute Gasteiger partial charge is 0.315 e. The van der Waals surface area contributed by atoms with Gasteiger partial charge in [0, 0.05) is 29.9 Å². The highest BCUT2D eigenvalue weighted by molar-refractivity contribution is 6.07. The van der Waals surface area contributed by atoms with Crippen LogP contribution in [-0.4, -0.2) is 24.0 Å². The average Bonchev–Trinajstić information content (AvgIpc) is 3.01. The van der Waals surface area contributed by atoms with Gasteiger partial charge in [0.1, 0.15) is 0 Å². The number of carbonyl (C=O) groups excluding carboxylic acids is 2. The molecule has 1 aliphatic heterocycles. The van der Waals surface area contributed by atoms with E-state index < -0.39 is 0 Å². The molecule has 0 aliphatic carbocycles. The molecule has 0 aromatic heterocycles. The number of amides is 3. The second kappa shape index (κ2) is 8.25. The Bertz CT molecular complexity index is 820. The minimum atomic E-state index is -0.171. The van der Waals surface area contributed by atoms with Crippen LogP contribution in [0.1, 0.15) is 48.7 Å². The summed E-state index contributed by atoms with van der Waals surface area (Å²) < 4.78 is 0. The maximum absolute atomic E-state index is 13.0. The number of anilines is 1. The van der Waals surface area contributed by atoms with Crippen LogP contribution in [-0.2, 0) is 13.0 Å². The van der Waals surface area contributed by atoms with Crippen molar-refractivity contribution in [2.75, 3.05) is 4.90 Å². The first-order chi connectivity index (χ1) is 13.0. The third-order valence-corrected chi connectivity index (χ3v) is 5.05. The largest absolute Gasteiger partial charge is 0.336 e. The molecule has 0 saturated heterocycles. The van der Waals surface area contributed by atoms with Crippen molar-refractivity contribution in [3.8, 4) is 0 Å². The van der Waals surface area contributed by atoms with E-state index in [2.05, 4.69) is 23.6 Å². The molecule has 1 heterocycles. The Morgan fingerprint density at radius 3 is 2.63 bits per heavy atom. The van der Waals surface area contributed by atoms with Gasteiger partial charge in [-0.25, -0.2) is 4.79 Å². The van der Waals surface area contributed by atoms with Crippen LogP contribution in [0.3, 0.4) is 0 Å². The molecular formula is C22H27N3O2. The first-order valence-corrected chi connectivity index (χ1v) is 9.54. The SMILES string of the molecule is CC[C@H](C)NC(=O)NCc1ccc2c(c1)N(C(=O)c1ccccc1)[C@H](C)C2. The fourth-order valence-electron chi connectivity index (χ4n) is 3.35. The van der Waals surface area contributed by atoms with Crippen LogP contribution in [0.25, 0.3) is 0 Å². The number of nitrogens with zero attached hydrogens (tertiary/aromatic N) is 1. The van der Waals surface area contributed by atoms with E-state index in [0.717, 1.165) is 24.1 Å². The van der Waals surface area contributed by atoms with E-state index in [1.54, 1.807) is 0 Å². The summed E-state index contributed by atoms with van der Waals surface area (Å²) in [6.07, 6.45) is 1.73. The highest BCUT2D eigenvalue weighted by Crippen LogP contribution is 2.34. The predicted octanol–water partition coefficient (Wildman–Crippen LogP) is 3.88. The number of nitrogens with one attached hydrogen (secondary N) is 2. The Hall–Kier alpha value is -2.82. The molecule has 0 spiro atoms. The highest BCUT2D eigenvalue weighted by atomic mass is 16.2. The highest BCUT2D eigenvalue weighted by Gasteiger charge is 2.31. The molecule has 0 bridgehead atoms. The molecule has 3 rings (SSSR count). The number of hydrogen-bond donors (Lipinski definition) is 2. The Morgan fingerprint density at radius 2 is 1.93 bits per heavy atom. The van der Waals surface area contributed by atoms with E-state index in [1.807, 2.05) is 61.2 Å². The van der Waals surface area contributed by atoms with Crippen LogP contribution in [0.15, 0.2) is 48.5 Å². The van der Waals surface area contributed by atoms with Crippen LogP contribution >= 0.6 is 0 Å². The van der Waals surface area contributed by atoms with Crippen molar-refractivity contribution >= 4 is 17.6 Å². The number of fused-ring (bicyclic) bond motifs is 1. The van der Waals surface area contributed by atoms with E-state index in [0.29, 0.717) is 12.1 Å². The Labute approximate surface area is 160 Å². The second-order valence-electron chi connectivity index (χ2n) is 7.19. The van der Waals surface area contributed by atoms with Gasteiger partial charge in [-0.15, -0.1) is 0 Å². The normalized spacial score (nSPS) is 16.6. The number of carbonyl (C=O) groups is 2. The molecule has 142 valence electrons. The molecule has 0 unspecified atom stereocenters. The molecule has 3 amide bonds. The molecule has 2 aromatic carbocycles. The van der Waals surface area contributed by atoms with Crippen molar-refractivity contribution in [1.82, 2.24) is 10.6 Å². The molecule has 27 heavy (non-hydrogen) atoms. The van der Waals surface area contributed by atoms with Gasteiger partial charge in [-0.1, -0.05) is 37.3 Å². The fourth-order valence-corrected chi connectivity index (χ4v) is 3.35. The lowest BCUT2D eigenvalue weighted by atomic mass is 10.1. The van der Waals surface area contributed by atoms with Crippen LogP contribution < -0.4 is 15.5 Å². The molecule has 5 nitrogen and oxygen atoms in total. The van der Waals surface area contributed by atoms with Gasteiger partial charge in [0.05, 0.1) is 0 Å². The van der Waals surface area contributed by atoms with Crippen LogP contribution in [0.2, 0.25) is 0 Å². The van der Waals surface area contributed by atoms with E-state index in [1.165, 1.54) is 5.56 Å². The van der Waals surface area contributed by atoms with Crippen molar-refractivity contribution in [3.63, 3.8) is 0 Å². The van der Waals surface area contributed by atoms with Crippen LogP contribution in [0.4, 0.5) is 10.5 Å². The molecule has 0 radical (unpaired) electrons.